The third-order valence-corrected chi connectivity index (χ3v) is 7.54. The summed E-state index contributed by atoms with van der Waals surface area (Å²) in [7, 11) is 1.43. The van der Waals surface area contributed by atoms with Gasteiger partial charge in [0.2, 0.25) is 0 Å². The molecule has 2 aliphatic heterocycles. The van der Waals surface area contributed by atoms with Crippen molar-refractivity contribution in [3.63, 3.8) is 0 Å². The molecule has 0 aromatic heterocycles. The normalized spacial score (nSPS) is 22.0. The molecule has 2 aromatic carbocycles. The van der Waals surface area contributed by atoms with Gasteiger partial charge in [-0.1, -0.05) is 35.9 Å². The van der Waals surface area contributed by atoms with Crippen LogP contribution in [0.25, 0.3) is 0 Å². The summed E-state index contributed by atoms with van der Waals surface area (Å²) in [6.45, 7) is 7.88. The third kappa shape index (κ3) is 6.79. The van der Waals surface area contributed by atoms with Crippen LogP contribution in [0.2, 0.25) is 0 Å². The van der Waals surface area contributed by atoms with Crippen molar-refractivity contribution in [2.75, 3.05) is 51.3 Å². The highest BCUT2D eigenvalue weighted by Gasteiger charge is 2.35. The quantitative estimate of drug-likeness (QED) is 0.498. The van der Waals surface area contributed by atoms with Crippen LogP contribution < -0.4 is 4.90 Å². The highest BCUT2D eigenvalue weighted by molar-refractivity contribution is 5.69. The van der Waals surface area contributed by atoms with E-state index in [4.69, 9.17) is 4.74 Å². The molecule has 196 valence electrons. The molecule has 4 rings (SSSR count). The molecule has 0 spiro atoms. The van der Waals surface area contributed by atoms with Gasteiger partial charge in [-0.25, -0.2) is 0 Å². The first-order valence-electron chi connectivity index (χ1n) is 12.7. The lowest BCUT2D eigenvalue weighted by atomic mass is 9.86. The van der Waals surface area contributed by atoms with E-state index < -0.39 is 11.7 Å². The zero-order chi connectivity index (χ0) is 25.7. The number of nitrogens with zero attached hydrogens (tertiary/aromatic N) is 3. The summed E-state index contributed by atoms with van der Waals surface area (Å²) >= 11 is 0. The van der Waals surface area contributed by atoms with E-state index in [0.717, 1.165) is 51.6 Å². The predicted molar refractivity (Wildman–Crippen MR) is 135 cm³/mol. The van der Waals surface area contributed by atoms with Gasteiger partial charge in [-0.05, 0) is 56.0 Å². The SMILES string of the molecule is COC(=O)CC[C@H]1CN(Cc2cccc(C)c2)CC[C@H]1N1CCN(c2cccc(C(F)(F)F)c2)CC1. The number of piperidine rings is 1. The smallest absolute Gasteiger partial charge is 0.416 e. The number of esters is 1. The molecule has 2 atom stereocenters. The van der Waals surface area contributed by atoms with Gasteiger partial charge < -0.3 is 9.64 Å². The van der Waals surface area contributed by atoms with E-state index in [-0.39, 0.29) is 5.97 Å². The number of rotatable bonds is 7. The zero-order valence-corrected chi connectivity index (χ0v) is 21.1. The van der Waals surface area contributed by atoms with Gasteiger partial charge in [0.05, 0.1) is 12.7 Å². The molecule has 5 nitrogen and oxygen atoms in total. The second-order valence-corrected chi connectivity index (χ2v) is 10.0. The van der Waals surface area contributed by atoms with Crippen molar-refractivity contribution in [1.29, 1.82) is 0 Å². The van der Waals surface area contributed by atoms with Gasteiger partial charge >= 0.3 is 12.1 Å². The van der Waals surface area contributed by atoms with Gasteiger partial charge in [-0.3, -0.25) is 14.6 Å². The van der Waals surface area contributed by atoms with E-state index in [1.54, 1.807) is 6.07 Å². The molecule has 0 aliphatic carbocycles. The summed E-state index contributed by atoms with van der Waals surface area (Å²) in [6.07, 6.45) is -2.14. The largest absolute Gasteiger partial charge is 0.469 e. The molecule has 2 fully saturated rings. The van der Waals surface area contributed by atoms with Crippen molar-refractivity contribution in [3.8, 4) is 0 Å². The van der Waals surface area contributed by atoms with Gasteiger partial charge in [-0.2, -0.15) is 13.2 Å². The van der Waals surface area contributed by atoms with Crippen LogP contribution in [0.3, 0.4) is 0 Å². The molecule has 0 amide bonds. The second kappa shape index (κ2) is 11.6. The van der Waals surface area contributed by atoms with E-state index in [2.05, 4.69) is 41.0 Å². The Morgan fingerprint density at radius 2 is 1.78 bits per heavy atom. The van der Waals surface area contributed by atoms with Crippen molar-refractivity contribution in [2.24, 2.45) is 5.92 Å². The number of methoxy groups -OCH3 is 1. The lowest BCUT2D eigenvalue weighted by Crippen LogP contribution is -2.56. The molecule has 2 heterocycles. The molecule has 2 saturated heterocycles. The fourth-order valence-electron chi connectivity index (χ4n) is 5.67. The number of halogens is 3. The topological polar surface area (TPSA) is 36.0 Å². The van der Waals surface area contributed by atoms with E-state index in [1.165, 1.54) is 30.4 Å². The lowest BCUT2D eigenvalue weighted by Gasteiger charge is -2.47. The molecule has 8 heteroatoms. The Labute approximate surface area is 211 Å². The summed E-state index contributed by atoms with van der Waals surface area (Å²) in [5, 5.41) is 0. The molecule has 2 aromatic rings. The van der Waals surface area contributed by atoms with Crippen LogP contribution in [0, 0.1) is 12.8 Å². The zero-order valence-electron chi connectivity index (χ0n) is 21.1. The maximum atomic E-state index is 13.2. The van der Waals surface area contributed by atoms with E-state index in [1.807, 2.05) is 4.90 Å². The van der Waals surface area contributed by atoms with E-state index in [0.29, 0.717) is 37.2 Å². The first kappa shape index (κ1) is 26.5. The Balaban J connectivity index is 1.39. The van der Waals surface area contributed by atoms with Crippen molar-refractivity contribution in [2.45, 2.75) is 44.9 Å². The minimum absolute atomic E-state index is 0.182. The average Bonchev–Trinajstić information content (AvgIpc) is 2.87. The fourth-order valence-corrected chi connectivity index (χ4v) is 5.67. The molecular formula is C28H36F3N3O2. The van der Waals surface area contributed by atoms with Crippen molar-refractivity contribution >= 4 is 11.7 Å². The Hall–Kier alpha value is -2.58. The van der Waals surface area contributed by atoms with Gasteiger partial charge in [-0.15, -0.1) is 0 Å². The number of benzene rings is 2. The van der Waals surface area contributed by atoms with Crippen LogP contribution in [0.4, 0.5) is 18.9 Å². The Bertz CT molecular complexity index is 1020. The van der Waals surface area contributed by atoms with Crippen LogP contribution in [-0.2, 0) is 22.3 Å². The Kier molecular flexibility index (Phi) is 8.57. The number of anilines is 1. The number of hydrogen-bond donors (Lipinski definition) is 0. The van der Waals surface area contributed by atoms with Gasteiger partial charge in [0.1, 0.15) is 0 Å². The Morgan fingerprint density at radius 3 is 2.47 bits per heavy atom. The van der Waals surface area contributed by atoms with Crippen LogP contribution in [0.15, 0.2) is 48.5 Å². The first-order chi connectivity index (χ1) is 17.2. The molecule has 36 heavy (non-hydrogen) atoms. The van der Waals surface area contributed by atoms with Crippen molar-refractivity contribution < 1.29 is 22.7 Å². The highest BCUT2D eigenvalue weighted by Crippen LogP contribution is 2.33. The Morgan fingerprint density at radius 1 is 1.03 bits per heavy atom. The second-order valence-electron chi connectivity index (χ2n) is 10.0. The number of ether oxygens (including phenoxy) is 1. The maximum Gasteiger partial charge on any atom is 0.416 e. The third-order valence-electron chi connectivity index (χ3n) is 7.54. The van der Waals surface area contributed by atoms with Crippen molar-refractivity contribution in [3.05, 3.63) is 65.2 Å². The lowest BCUT2D eigenvalue weighted by molar-refractivity contribution is -0.141. The standard InChI is InChI=1S/C28H36F3N3O2/c1-21-5-3-6-22(17-21)19-32-12-11-26(23(20-32)9-10-27(35)36-2)34-15-13-33(14-16-34)25-8-4-7-24(18-25)28(29,30)31/h3-8,17-18,23,26H,9-16,19-20H2,1-2H3/t23-,26+/m0/s1. The minimum Gasteiger partial charge on any atom is -0.469 e. The summed E-state index contributed by atoms with van der Waals surface area (Å²) in [6, 6.07) is 14.6. The van der Waals surface area contributed by atoms with Gasteiger partial charge in [0.25, 0.3) is 0 Å². The highest BCUT2D eigenvalue weighted by atomic mass is 19.4. The number of aryl methyl sites for hydroxylation is 1. The molecule has 0 unspecified atom stereocenters. The van der Waals surface area contributed by atoms with E-state index >= 15 is 0 Å². The fraction of sp³-hybridized carbons (Fsp3) is 0.536. The van der Waals surface area contributed by atoms with Crippen LogP contribution in [0.5, 0.6) is 0 Å². The summed E-state index contributed by atoms with van der Waals surface area (Å²) in [4.78, 5) is 18.9. The van der Waals surface area contributed by atoms with E-state index in [9.17, 15) is 18.0 Å². The van der Waals surface area contributed by atoms with Crippen LogP contribution >= 0.6 is 0 Å². The molecular weight excluding hydrogens is 467 g/mol. The molecule has 0 bridgehead atoms. The molecule has 2 aliphatic rings. The minimum atomic E-state index is -4.34. The average molecular weight is 504 g/mol. The summed E-state index contributed by atoms with van der Waals surface area (Å²) in [5.74, 6) is 0.154. The van der Waals surface area contributed by atoms with Gasteiger partial charge in [0, 0.05) is 57.4 Å². The summed E-state index contributed by atoms with van der Waals surface area (Å²) in [5.41, 5.74) is 2.57. The van der Waals surface area contributed by atoms with Crippen LogP contribution in [-0.4, -0.2) is 68.2 Å². The maximum absolute atomic E-state index is 13.2. The van der Waals surface area contributed by atoms with Gasteiger partial charge in [0.15, 0.2) is 0 Å². The number of carbonyl (C=O) groups excluding carboxylic acids is 1. The molecule has 0 saturated carbocycles. The van der Waals surface area contributed by atoms with Crippen molar-refractivity contribution in [1.82, 2.24) is 9.80 Å². The van der Waals surface area contributed by atoms with Crippen LogP contribution in [0.1, 0.15) is 36.0 Å². The summed E-state index contributed by atoms with van der Waals surface area (Å²) < 4.78 is 44.4. The number of hydrogen-bond acceptors (Lipinski definition) is 5. The predicted octanol–water partition coefficient (Wildman–Crippen LogP) is 4.98. The molecule has 0 N–H and O–H groups in total. The number of likely N-dealkylation sites (tertiary alicyclic amines) is 1. The number of carbonyl (C=O) groups is 1. The monoisotopic (exact) mass is 503 g/mol. The molecule has 0 radical (unpaired) electrons. The number of piperazine rings is 1. The number of alkyl halides is 3. The first-order valence-corrected chi connectivity index (χ1v) is 12.7.